The second-order valence-electron chi connectivity index (χ2n) is 9.86. The molecule has 2 aliphatic heterocycles. The van der Waals surface area contributed by atoms with E-state index >= 15 is 0 Å². The number of Topliss-reactive ketones (excluding diaryl/α,β-unsaturated/α-hetero) is 1. The van der Waals surface area contributed by atoms with Gasteiger partial charge in [-0.2, -0.15) is 4.98 Å². The third-order valence-electron chi connectivity index (χ3n) is 6.79. The van der Waals surface area contributed by atoms with E-state index < -0.39 is 35.8 Å². The van der Waals surface area contributed by atoms with Crippen LogP contribution in [0.1, 0.15) is 42.2 Å². The molecule has 0 saturated carbocycles. The molecule has 2 fully saturated rings. The molecule has 13 nitrogen and oxygen atoms in total. The summed E-state index contributed by atoms with van der Waals surface area (Å²) >= 11 is 0. The van der Waals surface area contributed by atoms with E-state index in [-0.39, 0.29) is 56.0 Å². The molecule has 1 aromatic heterocycles. The first-order valence-corrected chi connectivity index (χ1v) is 13.7. The Morgan fingerprint density at radius 3 is 2.68 bits per heavy atom. The fourth-order valence-corrected chi connectivity index (χ4v) is 4.61. The van der Waals surface area contributed by atoms with Crippen LogP contribution in [-0.4, -0.2) is 101 Å². The average Bonchev–Trinajstić information content (AvgIpc) is 3.48. The molecular weight excluding hydrogens is 534 g/mol. The van der Waals surface area contributed by atoms with Gasteiger partial charge in [0.2, 0.25) is 5.88 Å². The molecule has 2 aliphatic rings. The predicted octanol–water partition coefficient (Wildman–Crippen LogP) is 1.58. The van der Waals surface area contributed by atoms with Crippen LogP contribution in [0.4, 0.5) is 4.79 Å². The number of benzene rings is 1. The number of amides is 2. The fraction of sp³-hybridized carbons (Fsp3) is 0.500. The second kappa shape index (κ2) is 14.0. The molecule has 41 heavy (non-hydrogen) atoms. The van der Waals surface area contributed by atoms with Crippen molar-refractivity contribution in [1.29, 1.82) is 0 Å². The van der Waals surface area contributed by atoms with Crippen LogP contribution in [0.3, 0.4) is 0 Å². The number of nitrogens with one attached hydrogen (secondary N) is 2. The number of carboxylic acid groups (broad SMARTS) is 1. The van der Waals surface area contributed by atoms with Gasteiger partial charge in [-0.25, -0.2) is 9.78 Å². The van der Waals surface area contributed by atoms with Crippen LogP contribution >= 0.6 is 0 Å². The molecule has 2 saturated heterocycles. The van der Waals surface area contributed by atoms with E-state index in [0.717, 1.165) is 5.56 Å². The van der Waals surface area contributed by atoms with Gasteiger partial charge in [-0.05, 0) is 20.3 Å². The maximum absolute atomic E-state index is 13.6. The number of ketones is 1. The van der Waals surface area contributed by atoms with E-state index in [1.807, 2.05) is 31.2 Å². The molecule has 3 N–H and O–H groups in total. The Balaban J connectivity index is 1.61. The summed E-state index contributed by atoms with van der Waals surface area (Å²) in [6, 6.07) is 6.68. The Bertz CT molecular complexity index is 1250. The number of aliphatic carboxylic acids is 1. The zero-order valence-electron chi connectivity index (χ0n) is 23.1. The van der Waals surface area contributed by atoms with Gasteiger partial charge >= 0.3 is 12.1 Å². The lowest BCUT2D eigenvalue weighted by molar-refractivity contribution is -0.137. The van der Waals surface area contributed by atoms with E-state index in [1.165, 1.54) is 11.0 Å². The van der Waals surface area contributed by atoms with Crippen LogP contribution < -0.4 is 15.4 Å². The van der Waals surface area contributed by atoms with E-state index in [1.54, 1.807) is 6.92 Å². The molecule has 2 aromatic rings. The fourth-order valence-electron chi connectivity index (χ4n) is 4.61. The minimum Gasteiger partial charge on any atom is -0.481 e. The highest BCUT2D eigenvalue weighted by atomic mass is 16.6. The minimum atomic E-state index is -1.20. The summed E-state index contributed by atoms with van der Waals surface area (Å²) in [5.74, 6) is -1.91. The Morgan fingerprint density at radius 2 is 2.00 bits per heavy atom. The highest BCUT2D eigenvalue weighted by Crippen LogP contribution is 2.22. The third-order valence-corrected chi connectivity index (χ3v) is 6.79. The van der Waals surface area contributed by atoms with Gasteiger partial charge in [0.25, 0.3) is 5.91 Å². The topological polar surface area (TPSA) is 169 Å². The number of aryl methyl sites for hydroxylation is 1. The normalized spacial score (nSPS) is 19.3. The second-order valence-corrected chi connectivity index (χ2v) is 9.86. The zero-order valence-corrected chi connectivity index (χ0v) is 23.1. The smallest absolute Gasteiger partial charge is 0.410 e. The monoisotopic (exact) mass is 569 g/mol. The van der Waals surface area contributed by atoms with Crippen LogP contribution in [0.25, 0.3) is 11.4 Å². The summed E-state index contributed by atoms with van der Waals surface area (Å²) in [5, 5.41) is 15.0. The average molecular weight is 570 g/mol. The largest absolute Gasteiger partial charge is 0.481 e. The van der Waals surface area contributed by atoms with Crippen molar-refractivity contribution in [3.8, 4) is 17.3 Å². The van der Waals surface area contributed by atoms with Crippen molar-refractivity contribution in [3.63, 3.8) is 0 Å². The first kappa shape index (κ1) is 29.9. The molecule has 2 unspecified atom stereocenters. The molecule has 4 rings (SSSR count). The van der Waals surface area contributed by atoms with Crippen LogP contribution in [0, 0.1) is 6.92 Å². The van der Waals surface area contributed by atoms with E-state index in [2.05, 4.69) is 20.6 Å². The molecule has 3 atom stereocenters. The van der Waals surface area contributed by atoms with Crippen LogP contribution in [0.15, 0.2) is 30.3 Å². The lowest BCUT2D eigenvalue weighted by Gasteiger charge is -2.36. The van der Waals surface area contributed by atoms with Crippen molar-refractivity contribution in [2.45, 2.75) is 51.3 Å². The van der Waals surface area contributed by atoms with Crippen molar-refractivity contribution >= 4 is 23.8 Å². The number of nitrogens with zero attached hydrogens (tertiary/aromatic N) is 3. The van der Waals surface area contributed by atoms with Crippen LogP contribution in [0.2, 0.25) is 0 Å². The van der Waals surface area contributed by atoms with Crippen molar-refractivity contribution < 1.29 is 38.5 Å². The van der Waals surface area contributed by atoms with E-state index in [9.17, 15) is 24.3 Å². The number of carboxylic acids is 1. The highest BCUT2D eigenvalue weighted by molar-refractivity contribution is 5.99. The standard InChI is InChI=1S/C28H35N5O8/c1-3-40-28(38)33-12-11-29-15-22(33)25(36)20(8-9-24(34)35)31-27(37)21-14-23(41-19-10-13-39-16-19)32-26(30-21)18-6-4-17(2)5-7-18/h4-7,14,19-20,22,29H,3,8-13,15-16H2,1-2H3,(H,31,37)(H,34,35)/t19-,20?,22?/m0/s1. The molecule has 220 valence electrons. The molecule has 0 spiro atoms. The Hall–Kier alpha value is -4.10. The van der Waals surface area contributed by atoms with Crippen molar-refractivity contribution in [2.24, 2.45) is 0 Å². The summed E-state index contributed by atoms with van der Waals surface area (Å²) in [6.07, 6.45) is -0.754. The molecule has 0 radical (unpaired) electrons. The predicted molar refractivity (Wildman–Crippen MR) is 146 cm³/mol. The van der Waals surface area contributed by atoms with Gasteiger partial charge in [0.05, 0.1) is 25.9 Å². The summed E-state index contributed by atoms with van der Waals surface area (Å²) in [5.41, 5.74) is 1.65. The first-order valence-electron chi connectivity index (χ1n) is 13.7. The Labute approximate surface area is 237 Å². The maximum Gasteiger partial charge on any atom is 0.410 e. The van der Waals surface area contributed by atoms with Crippen LogP contribution in [-0.2, 0) is 19.1 Å². The van der Waals surface area contributed by atoms with Crippen molar-refractivity contribution in [3.05, 3.63) is 41.6 Å². The van der Waals surface area contributed by atoms with E-state index in [0.29, 0.717) is 31.7 Å². The highest BCUT2D eigenvalue weighted by Gasteiger charge is 2.37. The van der Waals surface area contributed by atoms with Gasteiger partial charge in [0.15, 0.2) is 11.6 Å². The summed E-state index contributed by atoms with van der Waals surface area (Å²) in [7, 11) is 0. The van der Waals surface area contributed by atoms with Gasteiger partial charge < -0.3 is 30.0 Å². The lowest BCUT2D eigenvalue weighted by Crippen LogP contribution is -2.61. The summed E-state index contributed by atoms with van der Waals surface area (Å²) < 4.78 is 16.5. The number of ether oxygens (including phenoxy) is 3. The first-order chi connectivity index (χ1) is 19.7. The molecular formula is C28H35N5O8. The minimum absolute atomic E-state index is 0.0540. The number of hydrogen-bond donors (Lipinski definition) is 3. The molecule has 2 amide bonds. The van der Waals surface area contributed by atoms with Gasteiger partial charge in [-0.15, -0.1) is 0 Å². The summed E-state index contributed by atoms with van der Waals surface area (Å²) in [6.45, 7) is 5.53. The molecule has 1 aromatic carbocycles. The third kappa shape index (κ3) is 7.98. The SMILES string of the molecule is CCOC(=O)N1CCNCC1C(=O)C(CCC(=O)O)NC(=O)c1cc(O[C@H]2CCOC2)nc(-c2ccc(C)cc2)n1. The van der Waals surface area contributed by atoms with Gasteiger partial charge in [0.1, 0.15) is 17.8 Å². The number of piperazine rings is 1. The Morgan fingerprint density at radius 1 is 1.22 bits per heavy atom. The molecule has 0 bridgehead atoms. The molecule has 0 aliphatic carbocycles. The summed E-state index contributed by atoms with van der Waals surface area (Å²) in [4.78, 5) is 61.3. The number of carbonyl (C=O) groups is 4. The molecule has 13 heteroatoms. The number of hydrogen-bond acceptors (Lipinski definition) is 10. The lowest BCUT2D eigenvalue weighted by atomic mass is 9.98. The quantitative estimate of drug-likeness (QED) is 0.359. The van der Waals surface area contributed by atoms with Crippen molar-refractivity contribution in [2.75, 3.05) is 39.5 Å². The number of rotatable bonds is 11. The Kier molecular flexibility index (Phi) is 10.2. The van der Waals surface area contributed by atoms with Crippen molar-refractivity contribution in [1.82, 2.24) is 25.5 Å². The number of aromatic nitrogens is 2. The van der Waals surface area contributed by atoms with Gasteiger partial charge in [-0.3, -0.25) is 19.3 Å². The molecule has 3 heterocycles. The van der Waals surface area contributed by atoms with E-state index in [4.69, 9.17) is 14.2 Å². The van der Waals surface area contributed by atoms with Gasteiger partial charge in [-0.1, -0.05) is 29.8 Å². The zero-order chi connectivity index (χ0) is 29.4. The number of carbonyl (C=O) groups excluding carboxylic acids is 3. The van der Waals surface area contributed by atoms with Crippen LogP contribution in [0.5, 0.6) is 5.88 Å². The maximum atomic E-state index is 13.6. The van der Waals surface area contributed by atoms with Gasteiger partial charge in [0, 0.05) is 44.1 Å².